The summed E-state index contributed by atoms with van der Waals surface area (Å²) in [5, 5.41) is 2.82. The van der Waals surface area contributed by atoms with Gasteiger partial charge in [0.15, 0.2) is 0 Å². The van der Waals surface area contributed by atoms with Crippen molar-refractivity contribution in [1.29, 1.82) is 0 Å². The van der Waals surface area contributed by atoms with Crippen molar-refractivity contribution in [3.63, 3.8) is 0 Å². The van der Waals surface area contributed by atoms with E-state index in [9.17, 15) is 4.79 Å². The van der Waals surface area contributed by atoms with Crippen LogP contribution in [0.25, 0.3) is 10.6 Å². The molecule has 0 spiro atoms. The van der Waals surface area contributed by atoms with E-state index in [0.29, 0.717) is 11.6 Å². The summed E-state index contributed by atoms with van der Waals surface area (Å²) in [4.78, 5) is 24.4. The molecular weight excluding hydrogens is 356 g/mol. The summed E-state index contributed by atoms with van der Waals surface area (Å²) in [6, 6.07) is 10.1. The molecule has 5 nitrogen and oxygen atoms in total. The highest BCUT2D eigenvalue weighted by molar-refractivity contribution is 7.13. The Morgan fingerprint density at radius 2 is 1.78 bits per heavy atom. The highest BCUT2D eigenvalue weighted by atomic mass is 32.1. The number of piperazine rings is 1. The Labute approximate surface area is 165 Å². The molecule has 2 aliphatic heterocycles. The summed E-state index contributed by atoms with van der Waals surface area (Å²) < 4.78 is 0. The first-order valence-electron chi connectivity index (χ1n) is 9.90. The maximum Gasteiger partial charge on any atom is 0.273 e. The molecule has 0 atom stereocenters. The third kappa shape index (κ3) is 4.57. The summed E-state index contributed by atoms with van der Waals surface area (Å²) >= 11 is 1.55. The SMILES string of the molecule is CN1CCN(CC2CCN(C(=O)c3csc(-c4ccccc4)n3)CC2)CC1. The Kier molecular flexibility index (Phi) is 5.86. The van der Waals surface area contributed by atoms with Crippen molar-refractivity contribution in [2.75, 3.05) is 52.9 Å². The number of amides is 1. The Bertz CT molecular complexity index is 747. The number of nitrogens with zero attached hydrogens (tertiary/aromatic N) is 4. The van der Waals surface area contributed by atoms with Gasteiger partial charge in [0, 0.05) is 56.8 Å². The van der Waals surface area contributed by atoms with Crippen molar-refractivity contribution < 1.29 is 4.79 Å². The van der Waals surface area contributed by atoms with E-state index in [4.69, 9.17) is 0 Å². The Hall–Kier alpha value is -1.76. The lowest BCUT2D eigenvalue weighted by molar-refractivity contribution is 0.0639. The monoisotopic (exact) mass is 384 g/mol. The second-order valence-electron chi connectivity index (χ2n) is 7.74. The van der Waals surface area contributed by atoms with E-state index in [2.05, 4.69) is 21.8 Å². The lowest BCUT2D eigenvalue weighted by Gasteiger charge is -2.37. The normalized spacial score (nSPS) is 20.1. The molecule has 2 saturated heterocycles. The van der Waals surface area contributed by atoms with Crippen LogP contribution in [0.15, 0.2) is 35.7 Å². The lowest BCUT2D eigenvalue weighted by Crippen LogP contribution is -2.48. The van der Waals surface area contributed by atoms with Crippen LogP contribution in [-0.2, 0) is 0 Å². The summed E-state index contributed by atoms with van der Waals surface area (Å²) in [5.41, 5.74) is 1.67. The smallest absolute Gasteiger partial charge is 0.273 e. The van der Waals surface area contributed by atoms with Crippen LogP contribution in [0.3, 0.4) is 0 Å². The minimum Gasteiger partial charge on any atom is -0.337 e. The molecule has 2 aliphatic rings. The van der Waals surface area contributed by atoms with Gasteiger partial charge in [-0.15, -0.1) is 11.3 Å². The van der Waals surface area contributed by atoms with Crippen LogP contribution in [0.4, 0.5) is 0 Å². The fraction of sp³-hybridized carbons (Fsp3) is 0.524. The van der Waals surface area contributed by atoms with Gasteiger partial charge in [-0.2, -0.15) is 0 Å². The molecule has 2 fully saturated rings. The van der Waals surface area contributed by atoms with Crippen LogP contribution in [-0.4, -0.2) is 78.5 Å². The van der Waals surface area contributed by atoms with Gasteiger partial charge in [0.25, 0.3) is 5.91 Å². The number of rotatable bonds is 4. The number of piperidine rings is 1. The standard InChI is InChI=1S/C21H28N4OS/c1-23-11-13-24(14-12-23)15-17-7-9-25(10-8-17)21(26)19-16-27-20(22-19)18-5-3-2-4-6-18/h2-6,16-17H,7-15H2,1H3. The molecule has 27 heavy (non-hydrogen) atoms. The first-order chi connectivity index (χ1) is 13.2. The zero-order valence-electron chi connectivity index (χ0n) is 16.0. The van der Waals surface area contributed by atoms with E-state index in [0.717, 1.165) is 36.5 Å². The maximum absolute atomic E-state index is 12.8. The zero-order valence-corrected chi connectivity index (χ0v) is 16.8. The van der Waals surface area contributed by atoms with Crippen molar-refractivity contribution in [3.05, 3.63) is 41.4 Å². The number of thiazole rings is 1. The molecule has 0 unspecified atom stereocenters. The molecule has 2 aromatic rings. The van der Waals surface area contributed by atoms with E-state index in [1.54, 1.807) is 11.3 Å². The predicted molar refractivity (Wildman–Crippen MR) is 110 cm³/mol. The van der Waals surface area contributed by atoms with Crippen molar-refractivity contribution >= 4 is 17.2 Å². The number of hydrogen-bond donors (Lipinski definition) is 0. The van der Waals surface area contributed by atoms with E-state index >= 15 is 0 Å². The van der Waals surface area contributed by atoms with Gasteiger partial charge in [0.05, 0.1) is 0 Å². The third-order valence-corrected chi connectivity index (χ3v) is 6.65. The Morgan fingerprint density at radius 3 is 2.48 bits per heavy atom. The van der Waals surface area contributed by atoms with Crippen LogP contribution >= 0.6 is 11.3 Å². The molecule has 4 rings (SSSR count). The summed E-state index contributed by atoms with van der Waals surface area (Å²) in [6.07, 6.45) is 2.21. The number of benzene rings is 1. The first-order valence-corrected chi connectivity index (χ1v) is 10.8. The van der Waals surface area contributed by atoms with Gasteiger partial charge < -0.3 is 14.7 Å². The minimum absolute atomic E-state index is 0.0893. The molecule has 0 radical (unpaired) electrons. The van der Waals surface area contributed by atoms with Crippen LogP contribution in [0.5, 0.6) is 0 Å². The van der Waals surface area contributed by atoms with Crippen LogP contribution in [0.1, 0.15) is 23.3 Å². The molecule has 1 aromatic heterocycles. The predicted octanol–water partition coefficient (Wildman–Crippen LogP) is 2.91. The number of likely N-dealkylation sites (N-methyl/N-ethyl adjacent to an activating group) is 1. The molecular formula is C21H28N4OS. The largest absolute Gasteiger partial charge is 0.337 e. The Balaban J connectivity index is 1.29. The van der Waals surface area contributed by atoms with E-state index in [1.807, 2.05) is 40.6 Å². The Morgan fingerprint density at radius 1 is 1.07 bits per heavy atom. The molecule has 1 aromatic carbocycles. The van der Waals surface area contributed by atoms with Gasteiger partial charge in [-0.3, -0.25) is 4.79 Å². The van der Waals surface area contributed by atoms with Gasteiger partial charge in [0.2, 0.25) is 0 Å². The van der Waals surface area contributed by atoms with E-state index < -0.39 is 0 Å². The van der Waals surface area contributed by atoms with Crippen LogP contribution in [0, 0.1) is 5.92 Å². The van der Waals surface area contributed by atoms with Gasteiger partial charge >= 0.3 is 0 Å². The number of carbonyl (C=O) groups excluding carboxylic acids is 1. The summed E-state index contributed by atoms with van der Waals surface area (Å²) in [7, 11) is 2.20. The van der Waals surface area contributed by atoms with Crippen molar-refractivity contribution in [1.82, 2.24) is 19.7 Å². The highest BCUT2D eigenvalue weighted by Crippen LogP contribution is 2.25. The topological polar surface area (TPSA) is 39.7 Å². The average molecular weight is 385 g/mol. The second kappa shape index (κ2) is 8.50. The average Bonchev–Trinajstić information content (AvgIpc) is 3.21. The highest BCUT2D eigenvalue weighted by Gasteiger charge is 2.27. The van der Waals surface area contributed by atoms with E-state index in [1.165, 1.54) is 32.7 Å². The van der Waals surface area contributed by atoms with Crippen LogP contribution in [0.2, 0.25) is 0 Å². The number of likely N-dealkylation sites (tertiary alicyclic amines) is 1. The molecule has 0 bridgehead atoms. The lowest BCUT2D eigenvalue weighted by atomic mass is 9.95. The summed E-state index contributed by atoms with van der Waals surface area (Å²) in [5.74, 6) is 0.805. The quantitative estimate of drug-likeness (QED) is 0.813. The van der Waals surface area contributed by atoms with Gasteiger partial charge in [-0.1, -0.05) is 30.3 Å². The number of hydrogen-bond acceptors (Lipinski definition) is 5. The fourth-order valence-electron chi connectivity index (χ4n) is 3.96. The van der Waals surface area contributed by atoms with E-state index in [-0.39, 0.29) is 5.91 Å². The summed E-state index contributed by atoms with van der Waals surface area (Å²) in [6.45, 7) is 7.60. The zero-order chi connectivity index (χ0) is 18.6. The van der Waals surface area contributed by atoms with Crippen molar-refractivity contribution in [3.8, 4) is 10.6 Å². The molecule has 0 N–H and O–H groups in total. The molecule has 0 saturated carbocycles. The van der Waals surface area contributed by atoms with Gasteiger partial charge in [-0.25, -0.2) is 4.98 Å². The number of carbonyl (C=O) groups is 1. The molecule has 1 amide bonds. The minimum atomic E-state index is 0.0893. The maximum atomic E-state index is 12.8. The first kappa shape index (κ1) is 18.6. The number of aromatic nitrogens is 1. The van der Waals surface area contributed by atoms with Gasteiger partial charge in [0.1, 0.15) is 10.7 Å². The second-order valence-corrected chi connectivity index (χ2v) is 8.60. The van der Waals surface area contributed by atoms with Gasteiger partial charge in [-0.05, 0) is 25.8 Å². The van der Waals surface area contributed by atoms with Crippen molar-refractivity contribution in [2.45, 2.75) is 12.8 Å². The molecule has 0 aliphatic carbocycles. The molecule has 6 heteroatoms. The molecule has 144 valence electrons. The van der Waals surface area contributed by atoms with Crippen LogP contribution < -0.4 is 0 Å². The fourth-order valence-corrected chi connectivity index (χ4v) is 4.76. The molecule has 3 heterocycles. The van der Waals surface area contributed by atoms with Crippen molar-refractivity contribution in [2.24, 2.45) is 5.92 Å². The third-order valence-electron chi connectivity index (χ3n) is 5.76.